The highest BCUT2D eigenvalue weighted by atomic mass is 16.5. The van der Waals surface area contributed by atoms with Crippen LogP contribution in [0.1, 0.15) is 19.3 Å². The average Bonchev–Trinajstić information content (AvgIpc) is 3.70. The van der Waals surface area contributed by atoms with Crippen LogP contribution in [0, 0.1) is 5.92 Å². The van der Waals surface area contributed by atoms with Crippen molar-refractivity contribution in [2.75, 3.05) is 9.80 Å². The van der Waals surface area contributed by atoms with Crippen molar-refractivity contribution in [3.63, 3.8) is 0 Å². The summed E-state index contributed by atoms with van der Waals surface area (Å²) >= 11 is 0. The first-order chi connectivity index (χ1) is 29.3. The number of para-hydroxylation sites is 4. The SMILES string of the molecule is C1=CC2C(=c3ccccc3=C3C4=CC=C(C5=CC=C(N(c6ccccc6)c6ccccc6-c6ccccc6)CC5)CC4OC32)C=C1N(c1ccccc1)c1ccccc1. The van der Waals surface area contributed by atoms with Crippen LogP contribution in [0.15, 0.2) is 241 Å². The third-order valence-corrected chi connectivity index (χ3v) is 12.5. The van der Waals surface area contributed by atoms with E-state index in [0.717, 1.165) is 36.3 Å². The van der Waals surface area contributed by atoms with Gasteiger partial charge in [-0.05, 0) is 117 Å². The Hall–Kier alpha value is -6.94. The van der Waals surface area contributed by atoms with Crippen molar-refractivity contribution < 1.29 is 4.74 Å². The van der Waals surface area contributed by atoms with Crippen molar-refractivity contribution >= 4 is 33.9 Å². The summed E-state index contributed by atoms with van der Waals surface area (Å²) in [6.07, 6.45) is 19.3. The van der Waals surface area contributed by atoms with Crippen LogP contribution < -0.4 is 20.2 Å². The molecule has 6 aromatic carbocycles. The van der Waals surface area contributed by atoms with E-state index in [4.69, 9.17) is 4.74 Å². The highest BCUT2D eigenvalue weighted by Crippen LogP contribution is 2.48. The van der Waals surface area contributed by atoms with E-state index in [-0.39, 0.29) is 18.1 Å². The highest BCUT2D eigenvalue weighted by Gasteiger charge is 2.44. The van der Waals surface area contributed by atoms with Gasteiger partial charge in [0.05, 0.1) is 17.9 Å². The molecule has 1 aliphatic heterocycles. The predicted octanol–water partition coefficient (Wildman–Crippen LogP) is 12.0. The minimum atomic E-state index is -0.0317. The summed E-state index contributed by atoms with van der Waals surface area (Å²) in [6.45, 7) is 0. The Bertz CT molecular complexity index is 2840. The predicted molar refractivity (Wildman–Crippen MR) is 244 cm³/mol. The lowest BCUT2D eigenvalue weighted by Gasteiger charge is -2.33. The van der Waals surface area contributed by atoms with Gasteiger partial charge in [-0.15, -0.1) is 0 Å². The Labute approximate surface area is 346 Å². The fraction of sp³-hybridized carbons (Fsp3) is 0.107. The van der Waals surface area contributed by atoms with Crippen molar-refractivity contribution in [3.8, 4) is 11.1 Å². The molecule has 3 unspecified atom stereocenters. The summed E-state index contributed by atoms with van der Waals surface area (Å²) in [6, 6.07) is 60.6. The Morgan fingerprint density at radius 3 is 1.78 bits per heavy atom. The average molecular weight is 761 g/mol. The van der Waals surface area contributed by atoms with E-state index < -0.39 is 0 Å². The van der Waals surface area contributed by atoms with Crippen LogP contribution in [0.5, 0.6) is 0 Å². The van der Waals surface area contributed by atoms with Crippen LogP contribution in [-0.4, -0.2) is 12.2 Å². The quantitative estimate of drug-likeness (QED) is 0.154. The molecule has 0 amide bonds. The molecule has 3 heteroatoms. The molecular weight excluding hydrogens is 717 g/mol. The number of fused-ring (bicyclic) bond motifs is 6. The topological polar surface area (TPSA) is 15.7 Å². The Kier molecular flexibility index (Phi) is 9.02. The molecule has 1 fully saturated rings. The smallest absolute Gasteiger partial charge is 0.0946 e. The van der Waals surface area contributed by atoms with E-state index >= 15 is 0 Å². The minimum absolute atomic E-state index is 0.0242. The first kappa shape index (κ1) is 35.2. The van der Waals surface area contributed by atoms with Gasteiger partial charge in [0.1, 0.15) is 0 Å². The summed E-state index contributed by atoms with van der Waals surface area (Å²) in [5.41, 5.74) is 16.3. The third-order valence-electron chi connectivity index (χ3n) is 12.5. The number of ether oxygens (including phenoxy) is 1. The van der Waals surface area contributed by atoms with E-state index in [0.29, 0.717) is 0 Å². The zero-order chi connectivity index (χ0) is 39.1. The van der Waals surface area contributed by atoms with Crippen LogP contribution in [-0.2, 0) is 4.74 Å². The Morgan fingerprint density at radius 1 is 0.508 bits per heavy atom. The normalized spacial score (nSPS) is 20.1. The third kappa shape index (κ3) is 6.36. The van der Waals surface area contributed by atoms with Crippen LogP contribution in [0.25, 0.3) is 22.3 Å². The Balaban J connectivity index is 0.944. The number of hydrogen-bond acceptors (Lipinski definition) is 3. The van der Waals surface area contributed by atoms with E-state index in [1.807, 2.05) is 0 Å². The second-order valence-corrected chi connectivity index (χ2v) is 15.8. The van der Waals surface area contributed by atoms with Crippen LogP contribution in [0.2, 0.25) is 0 Å². The number of hydrogen-bond donors (Lipinski definition) is 0. The molecule has 11 rings (SSSR count). The van der Waals surface area contributed by atoms with E-state index in [1.165, 1.54) is 66.5 Å². The summed E-state index contributed by atoms with van der Waals surface area (Å²) in [5, 5.41) is 2.60. The first-order valence-electron chi connectivity index (χ1n) is 20.9. The lowest BCUT2D eigenvalue weighted by molar-refractivity contribution is 0.0561. The minimum Gasteiger partial charge on any atom is -0.364 e. The van der Waals surface area contributed by atoms with Gasteiger partial charge in [-0.1, -0.05) is 152 Å². The molecule has 0 saturated carbocycles. The maximum Gasteiger partial charge on any atom is 0.0946 e. The fourth-order valence-electron chi connectivity index (χ4n) is 9.77. The molecule has 3 nitrogen and oxygen atoms in total. The molecule has 3 atom stereocenters. The molecule has 5 aliphatic rings. The lowest BCUT2D eigenvalue weighted by Crippen LogP contribution is -2.41. The van der Waals surface area contributed by atoms with Crippen LogP contribution in [0.3, 0.4) is 0 Å². The summed E-state index contributed by atoms with van der Waals surface area (Å²) in [5.74, 6) is 0.133. The largest absolute Gasteiger partial charge is 0.364 e. The molecule has 0 aromatic heterocycles. The highest BCUT2D eigenvalue weighted by molar-refractivity contribution is 5.86. The molecule has 1 heterocycles. The number of allylic oxidation sites excluding steroid dienone is 8. The molecular formula is C56H44N2O. The maximum atomic E-state index is 7.20. The molecule has 6 aromatic rings. The first-order valence-corrected chi connectivity index (χ1v) is 20.9. The summed E-state index contributed by atoms with van der Waals surface area (Å²) in [4.78, 5) is 4.81. The zero-order valence-electron chi connectivity index (χ0n) is 32.9. The maximum absolute atomic E-state index is 7.20. The van der Waals surface area contributed by atoms with Gasteiger partial charge in [0, 0.05) is 46.4 Å². The summed E-state index contributed by atoms with van der Waals surface area (Å²) in [7, 11) is 0. The number of nitrogens with zero attached hydrogens (tertiary/aromatic N) is 2. The monoisotopic (exact) mass is 760 g/mol. The number of anilines is 4. The number of rotatable bonds is 8. The lowest BCUT2D eigenvalue weighted by atomic mass is 9.76. The number of benzene rings is 6. The van der Waals surface area contributed by atoms with Gasteiger partial charge < -0.3 is 14.5 Å². The molecule has 59 heavy (non-hydrogen) atoms. The van der Waals surface area contributed by atoms with Crippen molar-refractivity contribution in [1.29, 1.82) is 0 Å². The molecule has 4 aliphatic carbocycles. The summed E-state index contributed by atoms with van der Waals surface area (Å²) < 4.78 is 7.20. The van der Waals surface area contributed by atoms with Crippen molar-refractivity contribution in [2.45, 2.75) is 31.5 Å². The second kappa shape index (κ2) is 15.1. The van der Waals surface area contributed by atoms with Crippen molar-refractivity contribution in [2.24, 2.45) is 5.92 Å². The molecule has 0 bridgehead atoms. The molecule has 1 saturated heterocycles. The molecule has 0 spiro atoms. The molecule has 284 valence electrons. The van der Waals surface area contributed by atoms with E-state index in [2.05, 4.69) is 222 Å². The second-order valence-electron chi connectivity index (χ2n) is 15.8. The van der Waals surface area contributed by atoms with Gasteiger partial charge in [0.2, 0.25) is 0 Å². The van der Waals surface area contributed by atoms with E-state index in [9.17, 15) is 0 Å². The van der Waals surface area contributed by atoms with Gasteiger partial charge in [-0.25, -0.2) is 0 Å². The van der Waals surface area contributed by atoms with Gasteiger partial charge in [0.15, 0.2) is 0 Å². The van der Waals surface area contributed by atoms with Crippen LogP contribution in [0.4, 0.5) is 22.7 Å². The van der Waals surface area contributed by atoms with E-state index in [1.54, 1.807) is 0 Å². The van der Waals surface area contributed by atoms with Crippen molar-refractivity contribution in [1.82, 2.24) is 0 Å². The standard InChI is InChI=1S/C56H44N2O/c1-5-17-40(18-6-1)47-25-15-16-28-53(47)58(44-23-11-4-12-24-44)45-32-29-39(30-33-45)41-31-35-51-54(37-41)59-56-50-36-34-46(38-52(50)48-26-13-14-27-49(48)55(51)56)57(42-19-7-2-8-20-42)43-21-9-3-10-22-43/h1-29,31-32,34-36,38,50,54,56H,30,33,37H2. The fourth-order valence-corrected chi connectivity index (χ4v) is 9.77. The molecule has 0 N–H and O–H groups in total. The molecule has 0 radical (unpaired) electrons. The van der Waals surface area contributed by atoms with Gasteiger partial charge in [-0.2, -0.15) is 0 Å². The van der Waals surface area contributed by atoms with Gasteiger partial charge in [0.25, 0.3) is 0 Å². The van der Waals surface area contributed by atoms with Crippen molar-refractivity contribution in [3.05, 3.63) is 251 Å². The van der Waals surface area contributed by atoms with Gasteiger partial charge >= 0.3 is 0 Å². The Morgan fingerprint density at radius 2 is 1.10 bits per heavy atom. The van der Waals surface area contributed by atoms with Crippen LogP contribution >= 0.6 is 0 Å². The van der Waals surface area contributed by atoms with Gasteiger partial charge in [-0.3, -0.25) is 0 Å². The zero-order valence-corrected chi connectivity index (χ0v) is 32.9.